The highest BCUT2D eigenvalue weighted by molar-refractivity contribution is 5.55. The minimum atomic E-state index is -0.176. The molecule has 0 aliphatic rings. The molecule has 0 spiro atoms. The summed E-state index contributed by atoms with van der Waals surface area (Å²) >= 11 is 0. The molecule has 0 aliphatic heterocycles. The maximum absolute atomic E-state index is 13.9. The molecule has 0 radical (unpaired) electrons. The number of benzene rings is 2. The van der Waals surface area contributed by atoms with Crippen LogP contribution < -0.4 is 10.6 Å². The van der Waals surface area contributed by atoms with Crippen molar-refractivity contribution >= 4 is 5.69 Å². The van der Waals surface area contributed by atoms with Gasteiger partial charge in [-0.25, -0.2) is 4.39 Å². The predicted molar refractivity (Wildman–Crippen MR) is 82.3 cm³/mol. The molecule has 0 aromatic heterocycles. The Balaban J connectivity index is 2.37. The van der Waals surface area contributed by atoms with Gasteiger partial charge in [-0.1, -0.05) is 36.4 Å². The zero-order valence-corrected chi connectivity index (χ0v) is 12.2. The average Bonchev–Trinajstić information content (AvgIpc) is 2.46. The van der Waals surface area contributed by atoms with Crippen molar-refractivity contribution in [2.45, 2.75) is 25.9 Å². The van der Waals surface area contributed by atoms with E-state index in [2.05, 4.69) is 4.90 Å². The Hall–Kier alpha value is -1.87. The molecule has 20 heavy (non-hydrogen) atoms. The Morgan fingerprint density at radius 3 is 2.10 bits per heavy atom. The highest BCUT2D eigenvalue weighted by atomic mass is 19.1. The van der Waals surface area contributed by atoms with E-state index in [-0.39, 0.29) is 17.9 Å². The third-order valence-corrected chi connectivity index (χ3v) is 3.74. The van der Waals surface area contributed by atoms with E-state index in [1.807, 2.05) is 57.3 Å². The monoisotopic (exact) mass is 272 g/mol. The Bertz CT molecular complexity index is 581. The average molecular weight is 272 g/mol. The Labute approximate surface area is 120 Å². The molecule has 0 heterocycles. The van der Waals surface area contributed by atoms with Gasteiger partial charge in [0.25, 0.3) is 0 Å². The first-order valence-corrected chi connectivity index (χ1v) is 6.84. The normalized spacial score (nSPS) is 13.8. The highest BCUT2D eigenvalue weighted by Gasteiger charge is 2.18. The number of anilines is 1. The number of nitrogens with two attached hydrogens (primary N) is 1. The van der Waals surface area contributed by atoms with Gasteiger partial charge in [0.05, 0.1) is 6.04 Å². The van der Waals surface area contributed by atoms with Gasteiger partial charge in [0.15, 0.2) is 0 Å². The lowest BCUT2D eigenvalue weighted by atomic mass is 10.0. The Morgan fingerprint density at radius 1 is 0.950 bits per heavy atom. The van der Waals surface area contributed by atoms with E-state index in [0.29, 0.717) is 5.56 Å². The van der Waals surface area contributed by atoms with E-state index in [1.54, 1.807) is 6.07 Å². The smallest absolute Gasteiger partial charge is 0.128 e. The van der Waals surface area contributed by atoms with Gasteiger partial charge in [0.1, 0.15) is 5.82 Å². The van der Waals surface area contributed by atoms with E-state index < -0.39 is 0 Å². The molecule has 0 saturated carbocycles. The van der Waals surface area contributed by atoms with Crippen molar-refractivity contribution in [3.05, 3.63) is 65.5 Å². The van der Waals surface area contributed by atoms with Crippen LogP contribution >= 0.6 is 0 Å². The molecule has 0 aliphatic carbocycles. The van der Waals surface area contributed by atoms with Crippen LogP contribution in [-0.2, 0) is 0 Å². The number of hydrogen-bond donors (Lipinski definition) is 1. The molecule has 106 valence electrons. The largest absolute Gasteiger partial charge is 0.367 e. The molecule has 3 heteroatoms. The third-order valence-electron chi connectivity index (χ3n) is 3.74. The predicted octanol–water partition coefficient (Wildman–Crippen LogP) is 4.04. The van der Waals surface area contributed by atoms with Crippen molar-refractivity contribution in [1.29, 1.82) is 0 Å². The van der Waals surface area contributed by atoms with Crippen LogP contribution in [0.2, 0.25) is 0 Å². The van der Waals surface area contributed by atoms with Crippen molar-refractivity contribution in [1.82, 2.24) is 0 Å². The van der Waals surface area contributed by atoms with Crippen molar-refractivity contribution < 1.29 is 4.39 Å². The van der Waals surface area contributed by atoms with Gasteiger partial charge in [-0.3, -0.25) is 0 Å². The topological polar surface area (TPSA) is 29.3 Å². The standard InChI is InChI=1S/C17H21FN2/c1-12(19)14-8-5-7-11-17(14)20(3)13(2)15-9-4-6-10-16(15)18/h4-13H,19H2,1-3H3. The highest BCUT2D eigenvalue weighted by Crippen LogP contribution is 2.31. The second kappa shape index (κ2) is 6.06. The van der Waals surface area contributed by atoms with Gasteiger partial charge in [-0.15, -0.1) is 0 Å². The molecule has 2 rings (SSSR count). The summed E-state index contributed by atoms with van der Waals surface area (Å²) in [7, 11) is 1.97. The number of para-hydroxylation sites is 1. The van der Waals surface area contributed by atoms with E-state index in [0.717, 1.165) is 11.3 Å². The van der Waals surface area contributed by atoms with Crippen molar-refractivity contribution in [2.75, 3.05) is 11.9 Å². The number of hydrogen-bond acceptors (Lipinski definition) is 2. The Kier molecular flexibility index (Phi) is 4.40. The van der Waals surface area contributed by atoms with Gasteiger partial charge in [0, 0.05) is 24.3 Å². The minimum absolute atomic E-state index is 0.0542. The van der Waals surface area contributed by atoms with Crippen LogP contribution in [-0.4, -0.2) is 7.05 Å². The van der Waals surface area contributed by atoms with Gasteiger partial charge < -0.3 is 10.6 Å². The van der Waals surface area contributed by atoms with E-state index in [9.17, 15) is 4.39 Å². The Morgan fingerprint density at radius 2 is 1.50 bits per heavy atom. The summed E-state index contributed by atoms with van der Waals surface area (Å²) < 4.78 is 13.9. The maximum Gasteiger partial charge on any atom is 0.128 e. The lowest BCUT2D eigenvalue weighted by Gasteiger charge is -2.30. The lowest BCUT2D eigenvalue weighted by Crippen LogP contribution is -2.24. The fraction of sp³-hybridized carbons (Fsp3) is 0.294. The molecule has 2 N–H and O–H groups in total. The number of halogens is 1. The molecule has 0 saturated heterocycles. The third kappa shape index (κ3) is 2.83. The summed E-state index contributed by atoms with van der Waals surface area (Å²) in [5.41, 5.74) is 8.82. The zero-order chi connectivity index (χ0) is 14.7. The SMILES string of the molecule is CC(N)c1ccccc1N(C)C(C)c1ccccc1F. The molecule has 0 fully saturated rings. The molecule has 2 aromatic carbocycles. The van der Waals surface area contributed by atoms with Crippen LogP contribution in [0.5, 0.6) is 0 Å². The number of rotatable bonds is 4. The molecule has 2 atom stereocenters. The fourth-order valence-electron chi connectivity index (χ4n) is 2.42. The van der Waals surface area contributed by atoms with E-state index in [4.69, 9.17) is 5.73 Å². The summed E-state index contributed by atoms with van der Waals surface area (Å²) in [4.78, 5) is 2.07. The van der Waals surface area contributed by atoms with Crippen LogP contribution in [0.25, 0.3) is 0 Å². The molecule has 2 nitrogen and oxygen atoms in total. The van der Waals surface area contributed by atoms with E-state index in [1.165, 1.54) is 6.07 Å². The van der Waals surface area contributed by atoms with Crippen LogP contribution in [0.3, 0.4) is 0 Å². The molecular weight excluding hydrogens is 251 g/mol. The lowest BCUT2D eigenvalue weighted by molar-refractivity contribution is 0.584. The molecule has 0 bridgehead atoms. The molecule has 2 aromatic rings. The summed E-state index contributed by atoms with van der Waals surface area (Å²) in [5, 5.41) is 0. The minimum Gasteiger partial charge on any atom is -0.367 e. The zero-order valence-electron chi connectivity index (χ0n) is 12.2. The summed E-state index contributed by atoms with van der Waals surface area (Å²) in [6.07, 6.45) is 0. The van der Waals surface area contributed by atoms with E-state index >= 15 is 0 Å². The molecule has 0 amide bonds. The molecular formula is C17H21FN2. The van der Waals surface area contributed by atoms with Crippen molar-refractivity contribution in [3.63, 3.8) is 0 Å². The molecule has 2 unspecified atom stereocenters. The van der Waals surface area contributed by atoms with Crippen molar-refractivity contribution in [2.24, 2.45) is 5.73 Å². The first-order chi connectivity index (χ1) is 9.52. The number of nitrogens with zero attached hydrogens (tertiary/aromatic N) is 1. The second-order valence-corrected chi connectivity index (χ2v) is 5.16. The maximum atomic E-state index is 13.9. The van der Waals surface area contributed by atoms with Gasteiger partial charge in [0.2, 0.25) is 0 Å². The van der Waals surface area contributed by atoms with Crippen molar-refractivity contribution in [3.8, 4) is 0 Å². The van der Waals surface area contributed by atoms with Gasteiger partial charge in [-0.05, 0) is 31.5 Å². The first kappa shape index (κ1) is 14.5. The van der Waals surface area contributed by atoms with Gasteiger partial charge in [-0.2, -0.15) is 0 Å². The van der Waals surface area contributed by atoms with Crippen LogP contribution in [0.4, 0.5) is 10.1 Å². The quantitative estimate of drug-likeness (QED) is 0.910. The van der Waals surface area contributed by atoms with Crippen LogP contribution in [0.1, 0.15) is 37.1 Å². The van der Waals surface area contributed by atoms with Crippen LogP contribution in [0.15, 0.2) is 48.5 Å². The summed E-state index contributed by atoms with van der Waals surface area (Å²) in [6, 6.07) is 14.8. The van der Waals surface area contributed by atoms with Crippen LogP contribution in [0, 0.1) is 5.82 Å². The fourth-order valence-corrected chi connectivity index (χ4v) is 2.42. The first-order valence-electron chi connectivity index (χ1n) is 6.84. The van der Waals surface area contributed by atoms with Gasteiger partial charge >= 0.3 is 0 Å². The summed E-state index contributed by atoms with van der Waals surface area (Å²) in [6.45, 7) is 3.96. The summed E-state index contributed by atoms with van der Waals surface area (Å²) in [5.74, 6) is -0.176. The second-order valence-electron chi connectivity index (χ2n) is 5.16.